The molecule has 0 spiro atoms. The number of aliphatic imine (C=N–C) groups is 1. The zero-order valence-electron chi connectivity index (χ0n) is 17.3. The number of carbonyl (C=O) groups is 2. The minimum absolute atomic E-state index is 0. The average molecular weight is 497 g/mol. The van der Waals surface area contributed by atoms with Gasteiger partial charge in [0.2, 0.25) is 5.91 Å². The van der Waals surface area contributed by atoms with Crippen molar-refractivity contribution in [3.05, 3.63) is 0 Å². The molecule has 1 aliphatic rings. The van der Waals surface area contributed by atoms with Crippen molar-refractivity contribution in [2.45, 2.75) is 53.1 Å². The topological polar surface area (TPSA) is 86.3 Å². The number of nitrogens with zero attached hydrogens (tertiary/aromatic N) is 3. The molecule has 1 rings (SSSR count). The number of guanidine groups is 1. The van der Waals surface area contributed by atoms with Crippen molar-refractivity contribution in [3.8, 4) is 0 Å². The predicted octanol–water partition coefficient (Wildman–Crippen LogP) is 2.04. The number of likely N-dealkylation sites (N-methyl/N-ethyl adjacent to an activating group) is 1. The number of rotatable bonds is 7. The number of halogens is 1. The molecule has 2 amide bonds. The maximum Gasteiger partial charge on any atom is 0.410 e. The summed E-state index contributed by atoms with van der Waals surface area (Å²) in [6, 6.07) is 0. The molecule has 0 aromatic carbocycles. The van der Waals surface area contributed by atoms with Crippen LogP contribution < -0.4 is 10.6 Å². The number of hydrogen-bond donors (Lipinski definition) is 2. The zero-order valence-corrected chi connectivity index (χ0v) is 19.7. The number of hydrogen-bond acceptors (Lipinski definition) is 4. The van der Waals surface area contributed by atoms with Gasteiger partial charge in [-0.05, 0) is 47.5 Å². The first-order valence-electron chi connectivity index (χ1n) is 9.54. The molecule has 1 heterocycles. The third kappa shape index (κ3) is 10.6. The van der Waals surface area contributed by atoms with Crippen molar-refractivity contribution >= 4 is 41.9 Å². The van der Waals surface area contributed by atoms with E-state index in [0.29, 0.717) is 32.1 Å². The highest BCUT2D eigenvalue weighted by molar-refractivity contribution is 14.0. The van der Waals surface area contributed by atoms with Crippen molar-refractivity contribution in [2.75, 3.05) is 45.8 Å². The van der Waals surface area contributed by atoms with Gasteiger partial charge in [-0.15, -0.1) is 24.0 Å². The quantitative estimate of drug-likeness (QED) is 0.320. The summed E-state index contributed by atoms with van der Waals surface area (Å²) in [5.74, 6) is 0.643. The summed E-state index contributed by atoms with van der Waals surface area (Å²) in [5, 5.41) is 6.29. The van der Waals surface area contributed by atoms with Gasteiger partial charge >= 0.3 is 6.09 Å². The first-order valence-corrected chi connectivity index (χ1v) is 9.54. The van der Waals surface area contributed by atoms with Gasteiger partial charge in [-0.3, -0.25) is 4.79 Å². The van der Waals surface area contributed by atoms with Crippen LogP contribution in [0.5, 0.6) is 0 Å². The minimum atomic E-state index is -0.510. The summed E-state index contributed by atoms with van der Waals surface area (Å²) in [6.07, 6.45) is 1.82. The molecular formula is C18H36IN5O3. The van der Waals surface area contributed by atoms with Crippen LogP contribution in [0.2, 0.25) is 0 Å². The molecule has 1 saturated heterocycles. The van der Waals surface area contributed by atoms with Crippen LogP contribution in [0, 0.1) is 0 Å². The third-order valence-electron chi connectivity index (χ3n) is 3.88. The second kappa shape index (κ2) is 13.0. The lowest BCUT2D eigenvalue weighted by atomic mass is 10.2. The predicted molar refractivity (Wildman–Crippen MR) is 119 cm³/mol. The van der Waals surface area contributed by atoms with Gasteiger partial charge in [0.05, 0.1) is 0 Å². The maximum atomic E-state index is 12.1. The van der Waals surface area contributed by atoms with E-state index < -0.39 is 5.60 Å². The highest BCUT2D eigenvalue weighted by Gasteiger charge is 2.21. The van der Waals surface area contributed by atoms with E-state index in [1.807, 2.05) is 39.5 Å². The van der Waals surface area contributed by atoms with E-state index in [0.717, 1.165) is 25.9 Å². The van der Waals surface area contributed by atoms with Gasteiger partial charge in [0.15, 0.2) is 5.96 Å². The summed E-state index contributed by atoms with van der Waals surface area (Å²) in [4.78, 5) is 32.1. The Labute approximate surface area is 180 Å². The Kier molecular flexibility index (Phi) is 12.4. The van der Waals surface area contributed by atoms with Gasteiger partial charge in [0.1, 0.15) is 12.1 Å². The Bertz CT molecular complexity index is 488. The Balaban J connectivity index is 0.00000676. The molecule has 0 aromatic rings. The van der Waals surface area contributed by atoms with E-state index in [4.69, 9.17) is 4.74 Å². The van der Waals surface area contributed by atoms with Crippen LogP contribution in [0.4, 0.5) is 4.79 Å². The zero-order chi connectivity index (χ0) is 19.6. The Morgan fingerprint density at radius 1 is 1.15 bits per heavy atom. The molecule has 0 atom stereocenters. The summed E-state index contributed by atoms with van der Waals surface area (Å²) in [7, 11) is 0. The minimum Gasteiger partial charge on any atom is -0.444 e. The highest BCUT2D eigenvalue weighted by Crippen LogP contribution is 2.09. The van der Waals surface area contributed by atoms with Gasteiger partial charge in [-0.25, -0.2) is 9.79 Å². The SMILES string of the molecule is CCNC(=NCC(=O)N1CCCC1)NCCN(CC)C(=O)OC(C)(C)C.I. The lowest BCUT2D eigenvalue weighted by Crippen LogP contribution is -2.44. The fraction of sp³-hybridized carbons (Fsp3) is 0.833. The van der Waals surface area contributed by atoms with Gasteiger partial charge < -0.3 is 25.2 Å². The van der Waals surface area contributed by atoms with E-state index in [-0.39, 0.29) is 42.5 Å². The van der Waals surface area contributed by atoms with Gasteiger partial charge in [0.25, 0.3) is 0 Å². The van der Waals surface area contributed by atoms with E-state index in [9.17, 15) is 9.59 Å². The fourth-order valence-electron chi connectivity index (χ4n) is 2.57. The second-order valence-corrected chi connectivity index (χ2v) is 7.27. The van der Waals surface area contributed by atoms with Crippen LogP contribution in [0.1, 0.15) is 47.5 Å². The molecule has 0 bridgehead atoms. The van der Waals surface area contributed by atoms with Crippen molar-refractivity contribution in [3.63, 3.8) is 0 Å². The van der Waals surface area contributed by atoms with Crippen LogP contribution in [0.3, 0.4) is 0 Å². The Hall–Kier alpha value is -1.26. The molecule has 0 radical (unpaired) electrons. The number of carbonyl (C=O) groups excluding carboxylic acids is 2. The monoisotopic (exact) mass is 497 g/mol. The van der Waals surface area contributed by atoms with Gasteiger partial charge in [-0.2, -0.15) is 0 Å². The summed E-state index contributed by atoms with van der Waals surface area (Å²) < 4.78 is 5.39. The first kappa shape index (κ1) is 25.7. The van der Waals surface area contributed by atoms with Gasteiger partial charge in [-0.1, -0.05) is 0 Å². The Morgan fingerprint density at radius 3 is 2.30 bits per heavy atom. The second-order valence-electron chi connectivity index (χ2n) is 7.27. The van der Waals surface area contributed by atoms with Crippen molar-refractivity contribution in [2.24, 2.45) is 4.99 Å². The molecule has 1 aliphatic heterocycles. The van der Waals surface area contributed by atoms with Crippen LogP contribution >= 0.6 is 24.0 Å². The summed E-state index contributed by atoms with van der Waals surface area (Å²) in [5.41, 5.74) is -0.510. The number of amides is 2. The van der Waals surface area contributed by atoms with Crippen LogP contribution in [0.25, 0.3) is 0 Å². The molecule has 9 heteroatoms. The van der Waals surface area contributed by atoms with Crippen molar-refractivity contribution in [1.29, 1.82) is 0 Å². The molecule has 0 unspecified atom stereocenters. The number of ether oxygens (including phenoxy) is 1. The average Bonchev–Trinajstić information content (AvgIpc) is 3.09. The molecule has 0 aliphatic carbocycles. The lowest BCUT2D eigenvalue weighted by Gasteiger charge is -2.26. The molecule has 0 aromatic heterocycles. The fourth-order valence-corrected chi connectivity index (χ4v) is 2.57. The normalized spacial score (nSPS) is 14.4. The van der Waals surface area contributed by atoms with Crippen molar-refractivity contribution < 1.29 is 14.3 Å². The van der Waals surface area contributed by atoms with E-state index >= 15 is 0 Å². The highest BCUT2D eigenvalue weighted by atomic mass is 127. The molecule has 27 heavy (non-hydrogen) atoms. The van der Waals surface area contributed by atoms with Gasteiger partial charge in [0, 0.05) is 39.3 Å². The van der Waals surface area contributed by atoms with E-state index in [1.165, 1.54) is 0 Å². The lowest BCUT2D eigenvalue weighted by molar-refractivity contribution is -0.128. The van der Waals surface area contributed by atoms with E-state index in [1.54, 1.807) is 4.90 Å². The molecule has 8 nitrogen and oxygen atoms in total. The molecule has 2 N–H and O–H groups in total. The molecule has 0 saturated carbocycles. The molecule has 1 fully saturated rings. The maximum absolute atomic E-state index is 12.1. The number of nitrogens with one attached hydrogen (secondary N) is 2. The number of likely N-dealkylation sites (tertiary alicyclic amines) is 1. The Morgan fingerprint density at radius 2 is 1.78 bits per heavy atom. The van der Waals surface area contributed by atoms with Crippen LogP contribution in [0.15, 0.2) is 4.99 Å². The summed E-state index contributed by atoms with van der Waals surface area (Å²) >= 11 is 0. The summed E-state index contributed by atoms with van der Waals surface area (Å²) in [6.45, 7) is 13.5. The molecular weight excluding hydrogens is 461 g/mol. The largest absolute Gasteiger partial charge is 0.444 e. The first-order chi connectivity index (χ1) is 12.3. The van der Waals surface area contributed by atoms with E-state index in [2.05, 4.69) is 15.6 Å². The van der Waals surface area contributed by atoms with Crippen LogP contribution in [-0.4, -0.2) is 79.2 Å². The molecule has 158 valence electrons. The van der Waals surface area contributed by atoms with Crippen LogP contribution in [-0.2, 0) is 9.53 Å². The standard InChI is InChI=1S/C18H35N5O3.HI/c1-6-19-16(21-14-15(24)23-11-8-9-12-23)20-10-13-22(7-2)17(25)26-18(3,4)5;/h6-14H2,1-5H3,(H2,19,20,21);1H. The third-order valence-corrected chi connectivity index (χ3v) is 3.88. The van der Waals surface area contributed by atoms with Crippen molar-refractivity contribution in [1.82, 2.24) is 20.4 Å². The smallest absolute Gasteiger partial charge is 0.410 e.